The van der Waals surface area contributed by atoms with Crippen molar-refractivity contribution in [2.45, 2.75) is 4.90 Å². The topological polar surface area (TPSA) is 4.36 Å². The predicted molar refractivity (Wildman–Crippen MR) is 47.7 cm³/mol. The molecule has 0 amide bonds. The maximum Gasteiger partial charge on any atom is 0.189 e. The molecule has 3 heteroatoms. The van der Waals surface area contributed by atoms with Crippen LogP contribution in [0.15, 0.2) is 27.6 Å². The van der Waals surface area contributed by atoms with Gasteiger partial charge in [-0.05, 0) is 23.1 Å². The largest absolute Gasteiger partial charge is 0.238 e. The number of thiol groups is 1. The molecule has 0 aliphatic rings. The van der Waals surface area contributed by atoms with Crippen LogP contribution in [-0.2, 0) is 0 Å². The molecule has 1 aromatic rings. The zero-order valence-electron chi connectivity index (χ0n) is 5.00. The van der Waals surface area contributed by atoms with Crippen LogP contribution in [0.1, 0.15) is 0 Å². The van der Waals surface area contributed by atoms with Crippen LogP contribution in [-0.4, -0.2) is 0 Å². The van der Waals surface area contributed by atoms with Crippen LogP contribution < -0.4 is 0 Å². The van der Waals surface area contributed by atoms with E-state index in [4.69, 9.17) is 6.57 Å². The van der Waals surface area contributed by atoms with E-state index >= 15 is 0 Å². The maximum absolute atomic E-state index is 6.71. The smallest absolute Gasteiger partial charge is 0.189 e. The van der Waals surface area contributed by atoms with Crippen LogP contribution in [0.5, 0.6) is 0 Å². The Morgan fingerprint density at radius 3 is 2.60 bits per heavy atom. The van der Waals surface area contributed by atoms with Crippen LogP contribution in [0.25, 0.3) is 4.85 Å². The number of hydrogen-bond donors (Lipinski definition) is 1. The highest BCUT2D eigenvalue weighted by molar-refractivity contribution is 9.10. The SMILES string of the molecule is [C-]#[N+]c1cc(S)cc(Br)c1. The van der Waals surface area contributed by atoms with Gasteiger partial charge >= 0.3 is 0 Å². The van der Waals surface area contributed by atoms with Crippen molar-refractivity contribution in [2.75, 3.05) is 0 Å². The van der Waals surface area contributed by atoms with Gasteiger partial charge in [0.25, 0.3) is 0 Å². The molecule has 0 bridgehead atoms. The molecule has 0 radical (unpaired) electrons. The summed E-state index contributed by atoms with van der Waals surface area (Å²) in [5.74, 6) is 0. The summed E-state index contributed by atoms with van der Waals surface area (Å²) in [5, 5.41) is 0. The Morgan fingerprint density at radius 1 is 1.40 bits per heavy atom. The van der Waals surface area contributed by atoms with Gasteiger partial charge in [-0.3, -0.25) is 0 Å². The molecule has 1 rings (SSSR count). The van der Waals surface area contributed by atoms with Crippen molar-refractivity contribution in [1.29, 1.82) is 0 Å². The van der Waals surface area contributed by atoms with Crippen molar-refractivity contribution >= 4 is 34.2 Å². The average molecular weight is 214 g/mol. The molecule has 0 saturated carbocycles. The summed E-state index contributed by atoms with van der Waals surface area (Å²) in [6.45, 7) is 6.71. The lowest BCUT2D eigenvalue weighted by Crippen LogP contribution is -1.66. The Bertz CT molecular complexity index is 270. The standard InChI is InChI=1S/C7H4BrNS/c1-9-6-2-5(8)3-7(10)4-6/h2-4,10H. The second kappa shape index (κ2) is 3.09. The fourth-order valence-electron chi connectivity index (χ4n) is 0.624. The molecule has 1 aromatic carbocycles. The molecule has 1 nitrogen and oxygen atoms in total. The fraction of sp³-hybridized carbons (Fsp3) is 0. The lowest BCUT2D eigenvalue weighted by atomic mass is 10.3. The molecule has 0 atom stereocenters. The molecule has 10 heavy (non-hydrogen) atoms. The number of hydrogen-bond acceptors (Lipinski definition) is 1. The number of benzene rings is 1. The first-order chi connectivity index (χ1) is 4.72. The van der Waals surface area contributed by atoms with E-state index in [0.717, 1.165) is 9.37 Å². The van der Waals surface area contributed by atoms with Gasteiger partial charge in [-0.25, -0.2) is 4.85 Å². The molecule has 0 fully saturated rings. The highest BCUT2D eigenvalue weighted by Crippen LogP contribution is 2.23. The zero-order chi connectivity index (χ0) is 7.56. The summed E-state index contributed by atoms with van der Waals surface area (Å²) < 4.78 is 0.894. The quantitative estimate of drug-likeness (QED) is 0.499. The van der Waals surface area contributed by atoms with Gasteiger partial charge in [0.15, 0.2) is 5.69 Å². The molecule has 0 spiro atoms. The minimum Gasteiger partial charge on any atom is -0.238 e. The Hall–Kier alpha value is -0.460. The zero-order valence-corrected chi connectivity index (χ0v) is 7.48. The van der Waals surface area contributed by atoms with Crippen molar-refractivity contribution in [1.82, 2.24) is 0 Å². The van der Waals surface area contributed by atoms with Crippen molar-refractivity contribution < 1.29 is 0 Å². The number of halogens is 1. The number of nitrogens with zero attached hydrogens (tertiary/aromatic N) is 1. The van der Waals surface area contributed by atoms with Gasteiger partial charge in [0, 0.05) is 4.47 Å². The second-order valence-corrected chi connectivity index (χ2v) is 3.21. The van der Waals surface area contributed by atoms with E-state index in [1.165, 1.54) is 0 Å². The van der Waals surface area contributed by atoms with Gasteiger partial charge in [-0.15, -0.1) is 12.6 Å². The van der Waals surface area contributed by atoms with E-state index in [9.17, 15) is 0 Å². The summed E-state index contributed by atoms with van der Waals surface area (Å²) in [7, 11) is 0. The lowest BCUT2D eigenvalue weighted by molar-refractivity contribution is 1.46. The molecule has 50 valence electrons. The third-order valence-corrected chi connectivity index (χ3v) is 1.71. The molecule has 0 N–H and O–H groups in total. The Labute approximate surface area is 73.4 Å². The molecular formula is C7H4BrNS. The van der Waals surface area contributed by atoms with Gasteiger partial charge in [-0.1, -0.05) is 15.9 Å². The minimum atomic E-state index is 0.611. The lowest BCUT2D eigenvalue weighted by Gasteiger charge is -1.93. The summed E-state index contributed by atoms with van der Waals surface area (Å²) in [5.41, 5.74) is 0.611. The summed E-state index contributed by atoms with van der Waals surface area (Å²) in [6.07, 6.45) is 0. The molecule has 0 aromatic heterocycles. The normalized spacial score (nSPS) is 8.90. The van der Waals surface area contributed by atoms with Crippen LogP contribution >= 0.6 is 28.6 Å². The average Bonchev–Trinajstić information content (AvgIpc) is 1.85. The summed E-state index contributed by atoms with van der Waals surface area (Å²) >= 11 is 7.37. The van der Waals surface area contributed by atoms with Crippen molar-refractivity contribution in [2.24, 2.45) is 0 Å². The van der Waals surface area contributed by atoms with E-state index < -0.39 is 0 Å². The Morgan fingerprint density at radius 2 is 2.10 bits per heavy atom. The Kier molecular flexibility index (Phi) is 2.36. The molecule has 0 saturated heterocycles. The van der Waals surface area contributed by atoms with Crippen molar-refractivity contribution in [3.8, 4) is 0 Å². The van der Waals surface area contributed by atoms with Gasteiger partial charge in [0.2, 0.25) is 0 Å². The van der Waals surface area contributed by atoms with Crippen LogP contribution in [0, 0.1) is 6.57 Å². The monoisotopic (exact) mass is 213 g/mol. The highest BCUT2D eigenvalue weighted by atomic mass is 79.9. The van der Waals surface area contributed by atoms with Gasteiger partial charge in [0.05, 0.1) is 6.57 Å². The molecule has 0 aliphatic heterocycles. The minimum absolute atomic E-state index is 0.611. The maximum atomic E-state index is 6.71. The van der Waals surface area contributed by atoms with Crippen molar-refractivity contribution in [3.05, 3.63) is 34.1 Å². The van der Waals surface area contributed by atoms with Crippen LogP contribution in [0.3, 0.4) is 0 Å². The molecule has 0 aliphatic carbocycles. The van der Waals surface area contributed by atoms with Crippen LogP contribution in [0.2, 0.25) is 0 Å². The first kappa shape index (κ1) is 7.64. The third-order valence-electron chi connectivity index (χ3n) is 0.996. The van der Waals surface area contributed by atoms with E-state index in [-0.39, 0.29) is 0 Å². The van der Waals surface area contributed by atoms with E-state index in [1.807, 2.05) is 6.07 Å². The fourth-order valence-corrected chi connectivity index (χ4v) is 1.55. The van der Waals surface area contributed by atoms with Gasteiger partial charge in [0.1, 0.15) is 0 Å². The van der Waals surface area contributed by atoms with E-state index in [1.54, 1.807) is 12.1 Å². The Balaban J connectivity index is 3.22. The summed E-state index contributed by atoms with van der Waals surface area (Å²) in [6, 6.07) is 5.32. The van der Waals surface area contributed by atoms with Crippen LogP contribution in [0.4, 0.5) is 5.69 Å². The van der Waals surface area contributed by atoms with E-state index in [0.29, 0.717) is 5.69 Å². The first-order valence-electron chi connectivity index (χ1n) is 2.59. The second-order valence-electron chi connectivity index (χ2n) is 1.78. The third kappa shape index (κ3) is 1.76. The predicted octanol–water partition coefficient (Wildman–Crippen LogP) is 3.29. The van der Waals surface area contributed by atoms with Gasteiger partial charge < -0.3 is 0 Å². The summed E-state index contributed by atoms with van der Waals surface area (Å²) in [4.78, 5) is 4.07. The highest BCUT2D eigenvalue weighted by Gasteiger charge is 1.93. The van der Waals surface area contributed by atoms with Gasteiger partial charge in [-0.2, -0.15) is 0 Å². The van der Waals surface area contributed by atoms with E-state index in [2.05, 4.69) is 33.4 Å². The molecule has 0 heterocycles. The van der Waals surface area contributed by atoms with Crippen molar-refractivity contribution in [3.63, 3.8) is 0 Å². The molecular weight excluding hydrogens is 210 g/mol. The number of rotatable bonds is 0. The molecule has 0 unspecified atom stereocenters. The first-order valence-corrected chi connectivity index (χ1v) is 3.83.